The second-order valence-electron chi connectivity index (χ2n) is 6.70. The molecule has 2 heterocycles. The molecule has 0 saturated carbocycles. The van der Waals surface area contributed by atoms with Gasteiger partial charge < -0.3 is 14.1 Å². The Bertz CT molecular complexity index is 892. The summed E-state index contributed by atoms with van der Waals surface area (Å²) in [6, 6.07) is 13.2. The molecule has 0 N–H and O–H groups in total. The molecule has 1 aliphatic rings. The second-order valence-corrected chi connectivity index (χ2v) is 6.70. The Morgan fingerprint density at radius 2 is 2.04 bits per heavy atom. The highest BCUT2D eigenvalue weighted by Crippen LogP contribution is 2.40. The number of methoxy groups -OCH3 is 1. The van der Waals surface area contributed by atoms with E-state index in [-0.39, 0.29) is 11.9 Å². The van der Waals surface area contributed by atoms with E-state index in [9.17, 15) is 4.39 Å². The highest BCUT2D eigenvalue weighted by atomic mass is 19.1. The topological polar surface area (TPSA) is 38.5 Å². The predicted octanol–water partition coefficient (Wildman–Crippen LogP) is 4.95. The lowest BCUT2D eigenvalue weighted by atomic mass is 9.90. The van der Waals surface area contributed by atoms with Gasteiger partial charge in [0.25, 0.3) is 6.01 Å². The van der Waals surface area contributed by atoms with Crippen LogP contribution in [0.3, 0.4) is 0 Å². The fraction of sp³-hybridized carbons (Fsp3) is 0.350. The maximum absolute atomic E-state index is 13.5. The molecule has 1 aromatic heterocycles. The number of nitrogens with zero attached hydrogens (tertiary/aromatic N) is 2. The average Bonchev–Trinajstić information content (AvgIpc) is 3.04. The minimum atomic E-state index is -0.316. The van der Waals surface area contributed by atoms with Gasteiger partial charge in [-0.25, -0.2) is 4.39 Å². The van der Waals surface area contributed by atoms with Crippen molar-refractivity contribution in [2.75, 3.05) is 18.6 Å². The van der Waals surface area contributed by atoms with E-state index in [1.807, 2.05) is 18.2 Å². The molecule has 25 heavy (non-hydrogen) atoms. The molecule has 5 heteroatoms. The molecule has 0 radical (unpaired) electrons. The van der Waals surface area contributed by atoms with Crippen LogP contribution in [-0.2, 0) is 0 Å². The van der Waals surface area contributed by atoms with Gasteiger partial charge in [-0.2, -0.15) is 4.98 Å². The first-order valence-electron chi connectivity index (χ1n) is 8.61. The van der Waals surface area contributed by atoms with Crippen LogP contribution in [-0.4, -0.2) is 18.6 Å². The first kappa shape index (κ1) is 15.9. The molecular formula is C20H21FN2O2. The van der Waals surface area contributed by atoms with Crippen LogP contribution < -0.4 is 9.64 Å². The van der Waals surface area contributed by atoms with Crippen molar-refractivity contribution in [1.29, 1.82) is 0 Å². The van der Waals surface area contributed by atoms with Crippen LogP contribution in [0.4, 0.5) is 10.4 Å². The number of hydrogen-bond acceptors (Lipinski definition) is 4. The van der Waals surface area contributed by atoms with Crippen LogP contribution in [0.2, 0.25) is 0 Å². The maximum Gasteiger partial charge on any atom is 0.298 e. The van der Waals surface area contributed by atoms with Gasteiger partial charge in [0, 0.05) is 18.2 Å². The van der Waals surface area contributed by atoms with Gasteiger partial charge in [-0.3, -0.25) is 0 Å². The number of para-hydroxylation sites is 1. The summed E-state index contributed by atoms with van der Waals surface area (Å²) in [4.78, 5) is 6.78. The number of ether oxygens (including phenoxy) is 1. The summed E-state index contributed by atoms with van der Waals surface area (Å²) in [5.74, 6) is 1.09. The fourth-order valence-corrected chi connectivity index (χ4v) is 3.64. The summed E-state index contributed by atoms with van der Waals surface area (Å²) < 4.78 is 24.9. The molecule has 1 fully saturated rings. The molecule has 0 aliphatic carbocycles. The quantitative estimate of drug-likeness (QED) is 0.676. The van der Waals surface area contributed by atoms with Crippen molar-refractivity contribution in [1.82, 2.24) is 4.98 Å². The number of hydrogen-bond donors (Lipinski definition) is 0. The summed E-state index contributed by atoms with van der Waals surface area (Å²) in [5.41, 5.74) is 2.28. The summed E-state index contributed by atoms with van der Waals surface area (Å²) in [7, 11) is 1.69. The Morgan fingerprint density at radius 1 is 1.20 bits per heavy atom. The van der Waals surface area contributed by atoms with E-state index in [4.69, 9.17) is 9.15 Å². The van der Waals surface area contributed by atoms with E-state index < -0.39 is 0 Å². The Balaban J connectivity index is 1.77. The Labute approximate surface area is 146 Å². The van der Waals surface area contributed by atoms with Crippen molar-refractivity contribution in [3.63, 3.8) is 0 Å². The molecule has 0 spiro atoms. The zero-order chi connectivity index (χ0) is 17.4. The van der Waals surface area contributed by atoms with Crippen LogP contribution in [0.1, 0.15) is 31.4 Å². The van der Waals surface area contributed by atoms with Crippen molar-refractivity contribution < 1.29 is 13.5 Å². The Morgan fingerprint density at radius 3 is 2.88 bits per heavy atom. The molecule has 2 atom stereocenters. The van der Waals surface area contributed by atoms with Crippen molar-refractivity contribution in [2.45, 2.75) is 25.8 Å². The SMILES string of the molecule is COc1ccccc1C1CCC(C)CN1c1nc2ccc(F)cc2o1. The lowest BCUT2D eigenvalue weighted by molar-refractivity contribution is 0.346. The zero-order valence-corrected chi connectivity index (χ0v) is 14.4. The smallest absolute Gasteiger partial charge is 0.298 e. The van der Waals surface area contributed by atoms with Crippen molar-refractivity contribution in [3.8, 4) is 5.75 Å². The molecule has 2 unspecified atom stereocenters. The maximum atomic E-state index is 13.5. The van der Waals surface area contributed by atoms with Crippen LogP contribution >= 0.6 is 0 Å². The lowest BCUT2D eigenvalue weighted by Crippen LogP contribution is -2.37. The van der Waals surface area contributed by atoms with E-state index in [1.54, 1.807) is 13.2 Å². The van der Waals surface area contributed by atoms with E-state index in [0.29, 0.717) is 23.0 Å². The van der Waals surface area contributed by atoms with Gasteiger partial charge in [0.2, 0.25) is 0 Å². The number of halogens is 1. The summed E-state index contributed by atoms with van der Waals surface area (Å²) in [6.45, 7) is 3.08. The molecule has 0 amide bonds. The molecule has 2 aromatic carbocycles. The minimum Gasteiger partial charge on any atom is -0.496 e. The first-order chi connectivity index (χ1) is 12.2. The van der Waals surface area contributed by atoms with E-state index >= 15 is 0 Å². The van der Waals surface area contributed by atoms with Crippen LogP contribution in [0.25, 0.3) is 11.1 Å². The minimum absolute atomic E-state index is 0.130. The first-order valence-corrected chi connectivity index (χ1v) is 8.61. The number of piperidine rings is 1. The number of benzene rings is 2. The van der Waals surface area contributed by atoms with E-state index in [1.165, 1.54) is 12.1 Å². The fourth-order valence-electron chi connectivity index (χ4n) is 3.64. The highest BCUT2D eigenvalue weighted by Gasteiger charge is 2.32. The summed E-state index contributed by atoms with van der Waals surface area (Å²) >= 11 is 0. The molecule has 0 bridgehead atoms. The van der Waals surface area contributed by atoms with Gasteiger partial charge in [-0.05, 0) is 37.0 Å². The summed E-state index contributed by atoms with van der Waals surface area (Å²) in [6.07, 6.45) is 2.13. The van der Waals surface area contributed by atoms with Crippen molar-refractivity contribution >= 4 is 17.1 Å². The zero-order valence-electron chi connectivity index (χ0n) is 14.4. The van der Waals surface area contributed by atoms with E-state index in [2.05, 4.69) is 22.9 Å². The number of aromatic nitrogens is 1. The van der Waals surface area contributed by atoms with Gasteiger partial charge in [0.05, 0.1) is 13.2 Å². The average molecular weight is 340 g/mol. The normalized spacial score (nSPS) is 20.8. The third kappa shape index (κ3) is 2.95. The molecule has 1 aliphatic heterocycles. The molecule has 4 nitrogen and oxygen atoms in total. The van der Waals surface area contributed by atoms with Gasteiger partial charge in [0.1, 0.15) is 17.1 Å². The van der Waals surface area contributed by atoms with Crippen molar-refractivity contribution in [2.24, 2.45) is 5.92 Å². The Hall–Kier alpha value is -2.56. The van der Waals surface area contributed by atoms with Gasteiger partial charge in [-0.15, -0.1) is 0 Å². The number of oxazole rings is 1. The van der Waals surface area contributed by atoms with E-state index in [0.717, 1.165) is 30.7 Å². The number of rotatable bonds is 3. The van der Waals surface area contributed by atoms with Crippen LogP contribution in [0.5, 0.6) is 5.75 Å². The summed E-state index contributed by atoms with van der Waals surface area (Å²) in [5, 5.41) is 0. The van der Waals surface area contributed by atoms with Gasteiger partial charge in [0.15, 0.2) is 5.58 Å². The van der Waals surface area contributed by atoms with Crippen LogP contribution in [0.15, 0.2) is 46.9 Å². The number of anilines is 1. The van der Waals surface area contributed by atoms with Crippen LogP contribution in [0, 0.1) is 11.7 Å². The third-order valence-electron chi connectivity index (χ3n) is 4.90. The van der Waals surface area contributed by atoms with Crippen molar-refractivity contribution in [3.05, 3.63) is 53.8 Å². The molecule has 4 rings (SSSR count). The van der Waals surface area contributed by atoms with Gasteiger partial charge >= 0.3 is 0 Å². The number of fused-ring (bicyclic) bond motifs is 1. The lowest BCUT2D eigenvalue weighted by Gasteiger charge is -2.38. The monoisotopic (exact) mass is 340 g/mol. The second kappa shape index (κ2) is 6.39. The largest absolute Gasteiger partial charge is 0.496 e. The molecular weight excluding hydrogens is 319 g/mol. The molecule has 1 saturated heterocycles. The molecule has 130 valence electrons. The predicted molar refractivity (Wildman–Crippen MR) is 95.4 cm³/mol. The molecule has 3 aromatic rings. The standard InChI is InChI=1S/C20H21FN2O2/c1-13-7-10-17(15-5-3-4-6-18(15)24-2)23(12-13)20-22-16-9-8-14(21)11-19(16)25-20/h3-6,8-9,11,13,17H,7,10,12H2,1-2H3. The van der Waals surface area contributed by atoms with Gasteiger partial charge in [-0.1, -0.05) is 25.1 Å². The Kier molecular flexibility index (Phi) is 4.07. The third-order valence-corrected chi connectivity index (χ3v) is 4.90. The highest BCUT2D eigenvalue weighted by molar-refractivity contribution is 5.74.